The molecular weight excluding hydrogens is 272 g/mol. The maximum absolute atomic E-state index is 12.0. The molecule has 0 aromatic rings. The van der Waals surface area contributed by atoms with Gasteiger partial charge in [0.1, 0.15) is 0 Å². The van der Waals surface area contributed by atoms with E-state index < -0.39 is 0 Å². The fourth-order valence-corrected chi connectivity index (χ4v) is 4.04. The first-order chi connectivity index (χ1) is 9.79. The van der Waals surface area contributed by atoms with E-state index in [1.807, 2.05) is 11.8 Å². The summed E-state index contributed by atoms with van der Waals surface area (Å²) in [7, 11) is 0. The second-order valence-corrected chi connectivity index (χ2v) is 6.88. The van der Waals surface area contributed by atoms with E-state index in [1.165, 1.54) is 19.3 Å². The first kappa shape index (κ1) is 16.1. The number of ether oxygens (including phenoxy) is 1. The standard InChI is InChI=1S/C15H28N2O2S/c1-20-14-5-3-2-4-13(14)17-15(18)8-11-19-12-6-9-16-10-7-12/h12-14,16H,2-11H2,1H3,(H,17,18). The van der Waals surface area contributed by atoms with Crippen LogP contribution in [-0.4, -0.2) is 49.3 Å². The van der Waals surface area contributed by atoms with Crippen molar-refractivity contribution in [1.82, 2.24) is 10.6 Å². The first-order valence-electron chi connectivity index (χ1n) is 7.94. The molecule has 0 radical (unpaired) electrons. The van der Waals surface area contributed by atoms with Gasteiger partial charge in [-0.15, -0.1) is 0 Å². The van der Waals surface area contributed by atoms with Gasteiger partial charge in [0.25, 0.3) is 0 Å². The Hall–Kier alpha value is -0.260. The minimum absolute atomic E-state index is 0.157. The number of hydrogen-bond donors (Lipinski definition) is 2. The molecule has 2 atom stereocenters. The molecule has 1 heterocycles. The van der Waals surface area contributed by atoms with Crippen molar-refractivity contribution in [3.8, 4) is 0 Å². The topological polar surface area (TPSA) is 50.4 Å². The Bertz CT molecular complexity index is 296. The zero-order valence-corrected chi connectivity index (χ0v) is 13.3. The lowest BCUT2D eigenvalue weighted by Crippen LogP contribution is -2.44. The van der Waals surface area contributed by atoms with Gasteiger partial charge in [0, 0.05) is 17.7 Å². The molecule has 2 unspecified atom stereocenters. The van der Waals surface area contributed by atoms with Gasteiger partial charge in [-0.3, -0.25) is 4.79 Å². The molecule has 2 rings (SSSR count). The van der Waals surface area contributed by atoms with E-state index in [1.54, 1.807) is 0 Å². The summed E-state index contributed by atoms with van der Waals surface area (Å²) >= 11 is 1.89. The molecule has 1 amide bonds. The van der Waals surface area contributed by atoms with Crippen LogP contribution in [0, 0.1) is 0 Å². The third-order valence-corrected chi connectivity index (χ3v) is 5.49. The van der Waals surface area contributed by atoms with Gasteiger partial charge < -0.3 is 15.4 Å². The molecule has 4 nitrogen and oxygen atoms in total. The number of nitrogens with one attached hydrogen (secondary N) is 2. The van der Waals surface area contributed by atoms with E-state index in [9.17, 15) is 4.79 Å². The van der Waals surface area contributed by atoms with Crippen LogP contribution in [0.3, 0.4) is 0 Å². The van der Waals surface area contributed by atoms with E-state index in [-0.39, 0.29) is 5.91 Å². The summed E-state index contributed by atoms with van der Waals surface area (Å²) in [5, 5.41) is 7.12. The average molecular weight is 300 g/mol. The van der Waals surface area contributed by atoms with Crippen LogP contribution in [0.5, 0.6) is 0 Å². The minimum atomic E-state index is 0.157. The Morgan fingerprint density at radius 2 is 2.00 bits per heavy atom. The SMILES string of the molecule is CSC1CCCCC1NC(=O)CCOC1CCNCC1. The summed E-state index contributed by atoms with van der Waals surface area (Å²) in [6.07, 6.45) is 10.0. The Morgan fingerprint density at radius 1 is 1.25 bits per heavy atom. The van der Waals surface area contributed by atoms with Gasteiger partial charge in [-0.05, 0) is 45.0 Å². The highest BCUT2D eigenvalue weighted by atomic mass is 32.2. The Kier molecular flexibility index (Phi) is 7.17. The van der Waals surface area contributed by atoms with Crippen LogP contribution in [0.4, 0.5) is 0 Å². The molecule has 0 aromatic carbocycles. The lowest BCUT2D eigenvalue weighted by molar-refractivity contribution is -0.123. The maximum Gasteiger partial charge on any atom is 0.222 e. The quantitative estimate of drug-likeness (QED) is 0.787. The molecule has 1 aliphatic heterocycles. The zero-order chi connectivity index (χ0) is 14.2. The smallest absolute Gasteiger partial charge is 0.222 e. The highest BCUT2D eigenvalue weighted by Gasteiger charge is 2.25. The summed E-state index contributed by atoms with van der Waals surface area (Å²) in [6.45, 7) is 2.63. The minimum Gasteiger partial charge on any atom is -0.378 e. The molecule has 116 valence electrons. The van der Waals surface area contributed by atoms with Crippen molar-refractivity contribution in [1.29, 1.82) is 0 Å². The van der Waals surface area contributed by atoms with Crippen LogP contribution < -0.4 is 10.6 Å². The Labute approximate surface area is 126 Å². The molecule has 1 saturated carbocycles. The predicted octanol–water partition coefficient (Wildman–Crippen LogP) is 1.94. The molecule has 0 bridgehead atoms. The average Bonchev–Trinajstić information content (AvgIpc) is 2.49. The molecular formula is C15H28N2O2S. The number of amides is 1. The van der Waals surface area contributed by atoms with Crippen molar-refractivity contribution in [2.45, 2.75) is 62.3 Å². The summed E-state index contributed by atoms with van der Waals surface area (Å²) in [4.78, 5) is 12.0. The van der Waals surface area contributed by atoms with Gasteiger partial charge in [0.05, 0.1) is 12.7 Å². The number of carbonyl (C=O) groups is 1. The van der Waals surface area contributed by atoms with Gasteiger partial charge in [0.2, 0.25) is 5.91 Å². The molecule has 1 aliphatic carbocycles. The van der Waals surface area contributed by atoms with Gasteiger partial charge in [0.15, 0.2) is 0 Å². The molecule has 2 N–H and O–H groups in total. The molecule has 20 heavy (non-hydrogen) atoms. The number of thioether (sulfide) groups is 1. The van der Waals surface area contributed by atoms with Gasteiger partial charge in [-0.25, -0.2) is 0 Å². The Morgan fingerprint density at radius 3 is 2.75 bits per heavy atom. The number of carbonyl (C=O) groups excluding carboxylic acids is 1. The van der Waals surface area contributed by atoms with Crippen LogP contribution in [0.2, 0.25) is 0 Å². The maximum atomic E-state index is 12.0. The highest BCUT2D eigenvalue weighted by Crippen LogP contribution is 2.27. The lowest BCUT2D eigenvalue weighted by Gasteiger charge is -2.31. The van der Waals surface area contributed by atoms with Crippen molar-refractivity contribution in [3.63, 3.8) is 0 Å². The van der Waals surface area contributed by atoms with Crippen molar-refractivity contribution in [2.75, 3.05) is 26.0 Å². The molecule has 2 fully saturated rings. The largest absolute Gasteiger partial charge is 0.378 e. The Balaban J connectivity index is 1.61. The fraction of sp³-hybridized carbons (Fsp3) is 0.933. The predicted molar refractivity (Wildman–Crippen MR) is 84.2 cm³/mol. The van der Waals surface area contributed by atoms with E-state index in [4.69, 9.17) is 4.74 Å². The van der Waals surface area contributed by atoms with Crippen LogP contribution in [-0.2, 0) is 9.53 Å². The van der Waals surface area contributed by atoms with Crippen molar-refractivity contribution < 1.29 is 9.53 Å². The van der Waals surface area contributed by atoms with Crippen molar-refractivity contribution in [2.24, 2.45) is 0 Å². The number of hydrogen-bond acceptors (Lipinski definition) is 4. The summed E-state index contributed by atoms with van der Waals surface area (Å²) in [6, 6.07) is 0.366. The van der Waals surface area contributed by atoms with E-state index in [2.05, 4.69) is 16.9 Å². The van der Waals surface area contributed by atoms with E-state index in [0.717, 1.165) is 32.4 Å². The molecule has 1 saturated heterocycles. The van der Waals surface area contributed by atoms with E-state index >= 15 is 0 Å². The van der Waals surface area contributed by atoms with Gasteiger partial charge in [-0.2, -0.15) is 11.8 Å². The van der Waals surface area contributed by atoms with Gasteiger partial charge >= 0.3 is 0 Å². The van der Waals surface area contributed by atoms with Crippen LogP contribution >= 0.6 is 11.8 Å². The van der Waals surface area contributed by atoms with Crippen molar-refractivity contribution in [3.05, 3.63) is 0 Å². The monoisotopic (exact) mass is 300 g/mol. The number of rotatable bonds is 6. The van der Waals surface area contributed by atoms with E-state index in [0.29, 0.717) is 30.4 Å². The third kappa shape index (κ3) is 5.26. The molecule has 5 heteroatoms. The van der Waals surface area contributed by atoms with Crippen molar-refractivity contribution >= 4 is 17.7 Å². The normalized spacial score (nSPS) is 28.2. The highest BCUT2D eigenvalue weighted by molar-refractivity contribution is 7.99. The van der Waals surface area contributed by atoms with Crippen LogP contribution in [0.15, 0.2) is 0 Å². The molecule has 0 aromatic heterocycles. The number of piperidine rings is 1. The second-order valence-electron chi connectivity index (χ2n) is 5.80. The summed E-state index contributed by atoms with van der Waals surface area (Å²) in [5.41, 5.74) is 0. The molecule has 0 spiro atoms. The van der Waals surface area contributed by atoms with Gasteiger partial charge in [-0.1, -0.05) is 12.8 Å². The first-order valence-corrected chi connectivity index (χ1v) is 9.23. The van der Waals surface area contributed by atoms with Crippen LogP contribution in [0.25, 0.3) is 0 Å². The lowest BCUT2D eigenvalue weighted by atomic mass is 9.95. The summed E-state index contributed by atoms with van der Waals surface area (Å²) in [5.74, 6) is 0.157. The van der Waals surface area contributed by atoms with Crippen LogP contribution in [0.1, 0.15) is 44.9 Å². The summed E-state index contributed by atoms with van der Waals surface area (Å²) < 4.78 is 5.79. The zero-order valence-electron chi connectivity index (χ0n) is 12.5. The fourth-order valence-electron chi connectivity index (χ4n) is 3.10. The molecule has 2 aliphatic rings. The third-order valence-electron chi connectivity index (χ3n) is 4.32. The second kappa shape index (κ2) is 8.90.